The Labute approximate surface area is 134 Å². The number of ether oxygens (including phenoxy) is 2. The summed E-state index contributed by atoms with van der Waals surface area (Å²) in [6, 6.07) is 14.2. The molecule has 0 aliphatic carbocycles. The van der Waals surface area contributed by atoms with Crippen molar-refractivity contribution >= 4 is 33.7 Å². The van der Waals surface area contributed by atoms with E-state index in [4.69, 9.17) is 9.47 Å². The predicted molar refractivity (Wildman–Crippen MR) is 91.5 cm³/mol. The Morgan fingerprint density at radius 1 is 1.00 bits per heavy atom. The van der Waals surface area contributed by atoms with Gasteiger partial charge in [0.2, 0.25) is 5.52 Å². The molecule has 0 fully saturated rings. The molecule has 1 aromatic heterocycles. The molecule has 0 amide bonds. The lowest BCUT2D eigenvalue weighted by atomic mass is 10.1. The number of methoxy groups -OCH3 is 2. The highest BCUT2D eigenvalue weighted by molar-refractivity contribution is 7.18. The minimum atomic E-state index is 0.821. The number of aromatic nitrogens is 1. The van der Waals surface area contributed by atoms with E-state index in [2.05, 4.69) is 48.0 Å². The third kappa shape index (κ3) is 2.70. The van der Waals surface area contributed by atoms with Crippen LogP contribution in [0.1, 0.15) is 10.6 Å². The molecule has 22 heavy (non-hydrogen) atoms. The van der Waals surface area contributed by atoms with Gasteiger partial charge in [-0.05, 0) is 30.3 Å². The molecule has 3 nitrogen and oxygen atoms in total. The number of hydrogen-bond donors (Lipinski definition) is 0. The van der Waals surface area contributed by atoms with Crippen LogP contribution in [0, 0.1) is 0 Å². The number of aryl methyl sites for hydroxylation is 1. The maximum absolute atomic E-state index is 5.41. The van der Waals surface area contributed by atoms with Crippen LogP contribution in [0.25, 0.3) is 22.4 Å². The van der Waals surface area contributed by atoms with E-state index in [0.29, 0.717) is 0 Å². The average Bonchev–Trinajstić information content (AvgIpc) is 2.89. The van der Waals surface area contributed by atoms with Crippen LogP contribution in [0.3, 0.4) is 0 Å². The second-order valence-electron chi connectivity index (χ2n) is 4.91. The Balaban J connectivity index is 2.00. The van der Waals surface area contributed by atoms with E-state index >= 15 is 0 Å². The molecule has 0 bridgehead atoms. The molecule has 3 rings (SSSR count). The first-order chi connectivity index (χ1) is 10.7. The van der Waals surface area contributed by atoms with Crippen molar-refractivity contribution in [2.45, 2.75) is 0 Å². The fourth-order valence-corrected chi connectivity index (χ4v) is 3.45. The van der Waals surface area contributed by atoms with Crippen molar-refractivity contribution in [3.05, 3.63) is 53.0 Å². The van der Waals surface area contributed by atoms with Crippen LogP contribution in [0.2, 0.25) is 0 Å². The molecule has 0 atom stereocenters. The summed E-state index contributed by atoms with van der Waals surface area (Å²) in [7, 11) is 5.43. The number of rotatable bonds is 4. The van der Waals surface area contributed by atoms with E-state index in [-0.39, 0.29) is 0 Å². The van der Waals surface area contributed by atoms with E-state index in [1.54, 1.807) is 25.6 Å². The van der Waals surface area contributed by atoms with Crippen molar-refractivity contribution in [1.82, 2.24) is 0 Å². The number of fused-ring (bicyclic) bond motifs is 1. The lowest BCUT2D eigenvalue weighted by Crippen LogP contribution is -2.28. The Kier molecular flexibility index (Phi) is 4.11. The number of para-hydroxylation sites is 1. The summed E-state index contributed by atoms with van der Waals surface area (Å²) in [5.74, 6) is 1.65. The van der Waals surface area contributed by atoms with Gasteiger partial charge in [0.1, 0.15) is 23.2 Å². The van der Waals surface area contributed by atoms with Gasteiger partial charge in [-0.3, -0.25) is 0 Å². The van der Waals surface area contributed by atoms with Crippen LogP contribution in [-0.4, -0.2) is 14.2 Å². The SMILES string of the molecule is COc1ccc(OC)c(/C=C\c2sc3ccccc3[n+]2C)c1. The van der Waals surface area contributed by atoms with Gasteiger partial charge < -0.3 is 9.47 Å². The monoisotopic (exact) mass is 312 g/mol. The fourth-order valence-electron chi connectivity index (χ4n) is 2.40. The molecule has 0 saturated carbocycles. The Morgan fingerprint density at radius 3 is 2.55 bits per heavy atom. The molecule has 0 aliphatic heterocycles. The van der Waals surface area contributed by atoms with E-state index < -0.39 is 0 Å². The summed E-state index contributed by atoms with van der Waals surface area (Å²) in [6.07, 6.45) is 4.17. The van der Waals surface area contributed by atoms with Crippen molar-refractivity contribution in [2.24, 2.45) is 7.05 Å². The molecule has 2 aromatic carbocycles. The lowest BCUT2D eigenvalue weighted by molar-refractivity contribution is -0.642. The largest absolute Gasteiger partial charge is 0.497 e. The Hall–Kier alpha value is -2.33. The third-order valence-electron chi connectivity index (χ3n) is 3.61. The number of hydrogen-bond acceptors (Lipinski definition) is 3. The van der Waals surface area contributed by atoms with Gasteiger partial charge in [0.25, 0.3) is 5.01 Å². The molecule has 0 spiro atoms. The number of nitrogens with zero attached hydrogens (tertiary/aromatic N) is 1. The molecule has 4 heteroatoms. The van der Waals surface area contributed by atoms with Crippen LogP contribution >= 0.6 is 11.3 Å². The van der Waals surface area contributed by atoms with E-state index in [1.165, 1.54) is 15.2 Å². The molecule has 0 aliphatic rings. The first-order valence-electron chi connectivity index (χ1n) is 7.00. The lowest BCUT2D eigenvalue weighted by Gasteiger charge is -2.06. The van der Waals surface area contributed by atoms with Crippen LogP contribution < -0.4 is 14.0 Å². The maximum atomic E-state index is 5.41. The molecule has 0 N–H and O–H groups in total. The van der Waals surface area contributed by atoms with Crippen molar-refractivity contribution < 1.29 is 14.0 Å². The minimum absolute atomic E-state index is 0.821. The van der Waals surface area contributed by atoms with E-state index in [1.807, 2.05) is 18.2 Å². The highest BCUT2D eigenvalue weighted by atomic mass is 32.1. The summed E-state index contributed by atoms with van der Waals surface area (Å²) in [6.45, 7) is 0. The van der Waals surface area contributed by atoms with Gasteiger partial charge in [0, 0.05) is 17.7 Å². The Morgan fingerprint density at radius 2 is 1.82 bits per heavy atom. The summed E-state index contributed by atoms with van der Waals surface area (Å²) >= 11 is 1.77. The van der Waals surface area contributed by atoms with Gasteiger partial charge in [-0.25, -0.2) is 0 Å². The molecule has 1 heterocycles. The summed E-state index contributed by atoms with van der Waals surface area (Å²) in [4.78, 5) is 0. The van der Waals surface area contributed by atoms with Gasteiger partial charge in [-0.2, -0.15) is 4.57 Å². The van der Waals surface area contributed by atoms with Gasteiger partial charge in [-0.1, -0.05) is 23.5 Å². The molecule has 0 saturated heterocycles. The molecule has 112 valence electrons. The van der Waals surface area contributed by atoms with Crippen molar-refractivity contribution in [2.75, 3.05) is 14.2 Å². The molecule has 0 radical (unpaired) electrons. The smallest absolute Gasteiger partial charge is 0.262 e. The van der Waals surface area contributed by atoms with Crippen molar-refractivity contribution in [3.8, 4) is 11.5 Å². The molecule has 3 aromatic rings. The summed E-state index contributed by atoms with van der Waals surface area (Å²) < 4.78 is 14.2. The zero-order chi connectivity index (χ0) is 15.5. The third-order valence-corrected chi connectivity index (χ3v) is 4.80. The zero-order valence-corrected chi connectivity index (χ0v) is 13.7. The van der Waals surface area contributed by atoms with E-state index in [0.717, 1.165) is 17.1 Å². The van der Waals surface area contributed by atoms with Crippen LogP contribution in [-0.2, 0) is 7.05 Å². The van der Waals surface area contributed by atoms with Crippen molar-refractivity contribution in [1.29, 1.82) is 0 Å². The number of benzene rings is 2. The first kappa shape index (κ1) is 14.6. The predicted octanol–water partition coefficient (Wildman–Crippen LogP) is 3.91. The highest BCUT2D eigenvalue weighted by Gasteiger charge is 2.13. The van der Waals surface area contributed by atoms with Gasteiger partial charge in [-0.15, -0.1) is 0 Å². The topological polar surface area (TPSA) is 22.3 Å². The van der Waals surface area contributed by atoms with Crippen LogP contribution in [0.15, 0.2) is 42.5 Å². The van der Waals surface area contributed by atoms with Crippen LogP contribution in [0.5, 0.6) is 11.5 Å². The number of thiazole rings is 1. The normalized spacial score (nSPS) is 11.2. The fraction of sp³-hybridized carbons (Fsp3) is 0.167. The minimum Gasteiger partial charge on any atom is -0.497 e. The van der Waals surface area contributed by atoms with Gasteiger partial charge in [0.15, 0.2) is 0 Å². The molecular formula is C18H18NO2S+. The van der Waals surface area contributed by atoms with Gasteiger partial charge in [0.05, 0.1) is 14.2 Å². The van der Waals surface area contributed by atoms with E-state index in [9.17, 15) is 0 Å². The van der Waals surface area contributed by atoms with Crippen LogP contribution in [0.4, 0.5) is 0 Å². The molecule has 0 unspecified atom stereocenters. The summed E-state index contributed by atoms with van der Waals surface area (Å²) in [5.41, 5.74) is 2.24. The maximum Gasteiger partial charge on any atom is 0.262 e. The summed E-state index contributed by atoms with van der Waals surface area (Å²) in [5, 5.41) is 1.19. The van der Waals surface area contributed by atoms with Crippen molar-refractivity contribution in [3.63, 3.8) is 0 Å². The quantitative estimate of drug-likeness (QED) is 0.681. The Bertz CT molecular complexity index is 836. The molecular weight excluding hydrogens is 294 g/mol. The first-order valence-corrected chi connectivity index (χ1v) is 7.82. The average molecular weight is 312 g/mol. The second kappa shape index (κ2) is 6.20. The van der Waals surface area contributed by atoms with Gasteiger partial charge >= 0.3 is 0 Å². The standard InChI is InChI=1S/C18H18NO2S/c1-19-15-6-4-5-7-17(15)22-18(19)11-8-13-12-14(20-2)9-10-16(13)21-3/h4-12H,1-3H3/q+1/b11-8-. The zero-order valence-electron chi connectivity index (χ0n) is 12.9. The highest BCUT2D eigenvalue weighted by Crippen LogP contribution is 2.27. The second-order valence-corrected chi connectivity index (χ2v) is 5.97.